The van der Waals surface area contributed by atoms with Gasteiger partial charge in [0.05, 0.1) is 12.2 Å². The molecular formula is C13H18BrNO3. The lowest BCUT2D eigenvalue weighted by Crippen LogP contribution is -2.32. The van der Waals surface area contributed by atoms with Crippen molar-refractivity contribution in [2.45, 2.75) is 25.9 Å². The Morgan fingerprint density at radius 3 is 2.78 bits per heavy atom. The number of carboxylic acid groups (broad SMARTS) is 1. The molecule has 2 N–H and O–H groups in total. The van der Waals surface area contributed by atoms with Gasteiger partial charge >= 0.3 is 5.97 Å². The van der Waals surface area contributed by atoms with Crippen molar-refractivity contribution in [3.8, 4) is 0 Å². The zero-order chi connectivity index (χ0) is 13.5. The number of carbonyl (C=O) groups is 1. The lowest BCUT2D eigenvalue weighted by molar-refractivity contribution is 0.0697. The Hall–Kier alpha value is -0.910. The molecule has 0 aromatic heterocycles. The third-order valence-electron chi connectivity index (χ3n) is 2.74. The van der Waals surface area contributed by atoms with E-state index >= 15 is 0 Å². The van der Waals surface area contributed by atoms with Gasteiger partial charge in [0, 0.05) is 24.2 Å². The van der Waals surface area contributed by atoms with E-state index in [0.717, 1.165) is 16.5 Å². The highest BCUT2D eigenvalue weighted by Gasteiger charge is 2.09. The molecular weight excluding hydrogens is 298 g/mol. The van der Waals surface area contributed by atoms with Crippen LogP contribution in [0.2, 0.25) is 0 Å². The Morgan fingerprint density at radius 2 is 2.28 bits per heavy atom. The second-order valence-electron chi connectivity index (χ2n) is 4.05. The van der Waals surface area contributed by atoms with Crippen molar-refractivity contribution in [1.29, 1.82) is 0 Å². The van der Waals surface area contributed by atoms with Crippen LogP contribution in [-0.2, 0) is 11.3 Å². The molecule has 0 fully saturated rings. The van der Waals surface area contributed by atoms with Gasteiger partial charge in [0.25, 0.3) is 0 Å². The molecule has 0 aliphatic heterocycles. The molecule has 1 aromatic carbocycles. The molecule has 1 atom stereocenters. The van der Waals surface area contributed by atoms with Crippen LogP contribution in [0.15, 0.2) is 22.7 Å². The molecule has 100 valence electrons. The average molecular weight is 316 g/mol. The Bertz CT molecular complexity index is 409. The van der Waals surface area contributed by atoms with Crippen LogP contribution in [0.3, 0.4) is 0 Å². The molecule has 0 radical (unpaired) electrons. The van der Waals surface area contributed by atoms with E-state index in [1.165, 1.54) is 0 Å². The largest absolute Gasteiger partial charge is 0.478 e. The monoisotopic (exact) mass is 315 g/mol. The van der Waals surface area contributed by atoms with Gasteiger partial charge in [0.1, 0.15) is 0 Å². The first-order valence-corrected chi connectivity index (χ1v) is 6.61. The molecule has 1 aromatic rings. The van der Waals surface area contributed by atoms with Crippen LogP contribution in [0.1, 0.15) is 29.3 Å². The first kappa shape index (κ1) is 15.1. The fraction of sp³-hybridized carbons (Fsp3) is 0.462. The molecule has 5 heteroatoms. The molecule has 0 saturated carbocycles. The van der Waals surface area contributed by atoms with Gasteiger partial charge in [-0.2, -0.15) is 0 Å². The van der Waals surface area contributed by atoms with Crippen LogP contribution in [0.25, 0.3) is 0 Å². The third kappa shape index (κ3) is 4.40. The van der Waals surface area contributed by atoms with Crippen molar-refractivity contribution >= 4 is 21.9 Å². The Labute approximate surface area is 115 Å². The van der Waals surface area contributed by atoms with Gasteiger partial charge in [-0.15, -0.1) is 0 Å². The third-order valence-corrected chi connectivity index (χ3v) is 3.48. The summed E-state index contributed by atoms with van der Waals surface area (Å²) < 4.78 is 5.92. The van der Waals surface area contributed by atoms with E-state index < -0.39 is 5.97 Å². The summed E-state index contributed by atoms with van der Waals surface area (Å²) in [4.78, 5) is 10.8. The van der Waals surface area contributed by atoms with Crippen LogP contribution < -0.4 is 5.32 Å². The summed E-state index contributed by atoms with van der Waals surface area (Å²) in [6.07, 6.45) is 0.985. The number of nitrogens with one attached hydrogen (secondary N) is 1. The minimum absolute atomic E-state index is 0.287. The predicted molar refractivity (Wildman–Crippen MR) is 73.9 cm³/mol. The lowest BCUT2D eigenvalue weighted by atomic mass is 10.1. The number of carboxylic acids is 1. The van der Waals surface area contributed by atoms with Crippen molar-refractivity contribution < 1.29 is 14.6 Å². The highest BCUT2D eigenvalue weighted by Crippen LogP contribution is 2.19. The van der Waals surface area contributed by atoms with Crippen molar-refractivity contribution in [3.05, 3.63) is 33.8 Å². The van der Waals surface area contributed by atoms with Crippen LogP contribution in [0.5, 0.6) is 0 Å². The van der Waals surface area contributed by atoms with Crippen LogP contribution in [0, 0.1) is 0 Å². The van der Waals surface area contributed by atoms with Gasteiger partial charge in [0.15, 0.2) is 0 Å². The lowest BCUT2D eigenvalue weighted by Gasteiger charge is -2.16. The summed E-state index contributed by atoms with van der Waals surface area (Å²) in [5, 5.41) is 12.2. The van der Waals surface area contributed by atoms with Gasteiger partial charge in [-0.3, -0.25) is 0 Å². The van der Waals surface area contributed by atoms with Gasteiger partial charge in [-0.1, -0.05) is 28.9 Å². The Balaban J connectivity index is 2.65. The number of aromatic carboxylic acids is 1. The molecule has 0 saturated heterocycles. The van der Waals surface area contributed by atoms with E-state index in [1.807, 2.05) is 6.07 Å². The minimum Gasteiger partial charge on any atom is -0.478 e. The minimum atomic E-state index is -0.916. The topological polar surface area (TPSA) is 58.6 Å². The molecule has 1 rings (SSSR count). The van der Waals surface area contributed by atoms with Crippen molar-refractivity contribution in [3.63, 3.8) is 0 Å². The van der Waals surface area contributed by atoms with Crippen LogP contribution in [-0.4, -0.2) is 30.8 Å². The summed E-state index contributed by atoms with van der Waals surface area (Å²) in [5.74, 6) is -0.916. The second-order valence-corrected chi connectivity index (χ2v) is 4.91. The van der Waals surface area contributed by atoms with E-state index in [9.17, 15) is 4.79 Å². The van der Waals surface area contributed by atoms with Gasteiger partial charge in [0.2, 0.25) is 0 Å². The highest BCUT2D eigenvalue weighted by atomic mass is 79.9. The van der Waals surface area contributed by atoms with E-state index in [1.54, 1.807) is 19.2 Å². The normalized spacial score (nSPS) is 12.4. The van der Waals surface area contributed by atoms with Crippen molar-refractivity contribution in [2.24, 2.45) is 0 Å². The molecule has 0 bridgehead atoms. The van der Waals surface area contributed by atoms with E-state index in [4.69, 9.17) is 9.84 Å². The summed E-state index contributed by atoms with van der Waals surface area (Å²) in [6.45, 7) is 3.45. The SMILES string of the molecule is CCC(COC)NCc1ccc(C(=O)O)cc1Br. The molecule has 0 amide bonds. The number of methoxy groups -OCH3 is 1. The highest BCUT2D eigenvalue weighted by molar-refractivity contribution is 9.10. The maximum absolute atomic E-state index is 10.8. The zero-order valence-electron chi connectivity index (χ0n) is 10.6. The first-order chi connectivity index (χ1) is 8.58. The molecule has 0 aliphatic carbocycles. The summed E-state index contributed by atoms with van der Waals surface area (Å²) in [5.41, 5.74) is 1.32. The zero-order valence-corrected chi connectivity index (χ0v) is 12.2. The standard InChI is InChI=1S/C13H18BrNO3/c1-3-11(8-18-2)15-7-10-5-4-9(13(16)17)6-12(10)14/h4-6,11,15H,3,7-8H2,1-2H3,(H,16,17). The van der Waals surface area contributed by atoms with Gasteiger partial charge in [-0.25, -0.2) is 4.79 Å². The number of hydrogen-bond acceptors (Lipinski definition) is 3. The maximum atomic E-state index is 10.8. The number of halogens is 1. The Kier molecular flexibility index (Phi) is 6.32. The quantitative estimate of drug-likeness (QED) is 0.812. The van der Waals surface area contributed by atoms with Crippen molar-refractivity contribution in [1.82, 2.24) is 5.32 Å². The molecule has 0 spiro atoms. The van der Waals surface area contributed by atoms with Crippen LogP contribution >= 0.6 is 15.9 Å². The smallest absolute Gasteiger partial charge is 0.335 e. The maximum Gasteiger partial charge on any atom is 0.335 e. The number of benzene rings is 1. The first-order valence-electron chi connectivity index (χ1n) is 5.82. The van der Waals surface area contributed by atoms with E-state index in [-0.39, 0.29) is 5.56 Å². The summed E-state index contributed by atoms with van der Waals surface area (Å²) in [7, 11) is 1.68. The number of rotatable bonds is 7. The average Bonchev–Trinajstić information content (AvgIpc) is 2.35. The van der Waals surface area contributed by atoms with E-state index in [0.29, 0.717) is 19.2 Å². The van der Waals surface area contributed by atoms with Crippen LogP contribution in [0.4, 0.5) is 0 Å². The fourth-order valence-electron chi connectivity index (χ4n) is 1.60. The summed E-state index contributed by atoms with van der Waals surface area (Å²) in [6, 6.07) is 5.36. The molecule has 0 aliphatic rings. The molecule has 4 nitrogen and oxygen atoms in total. The molecule has 18 heavy (non-hydrogen) atoms. The number of ether oxygens (including phenoxy) is 1. The number of hydrogen-bond donors (Lipinski definition) is 2. The predicted octanol–water partition coefficient (Wildman–Crippen LogP) is 2.66. The Morgan fingerprint density at radius 1 is 1.56 bits per heavy atom. The van der Waals surface area contributed by atoms with Gasteiger partial charge < -0.3 is 15.2 Å². The van der Waals surface area contributed by atoms with E-state index in [2.05, 4.69) is 28.2 Å². The summed E-state index contributed by atoms with van der Waals surface area (Å²) >= 11 is 3.39. The van der Waals surface area contributed by atoms with Crippen molar-refractivity contribution in [2.75, 3.05) is 13.7 Å². The molecule has 0 heterocycles. The fourth-order valence-corrected chi connectivity index (χ4v) is 2.12. The van der Waals surface area contributed by atoms with Gasteiger partial charge in [-0.05, 0) is 24.1 Å². The molecule has 1 unspecified atom stereocenters. The second kappa shape index (κ2) is 7.51.